The van der Waals surface area contributed by atoms with Crippen molar-refractivity contribution in [3.8, 4) is 5.75 Å². The minimum absolute atomic E-state index is 0.0236. The molecule has 0 spiro atoms. The van der Waals surface area contributed by atoms with Crippen LogP contribution in [-0.4, -0.2) is 50.9 Å². The molecule has 0 bridgehead atoms. The van der Waals surface area contributed by atoms with Crippen LogP contribution in [0.25, 0.3) is 0 Å². The number of anilines is 1. The van der Waals surface area contributed by atoms with Gasteiger partial charge < -0.3 is 15.0 Å². The molecule has 40 heavy (non-hydrogen) atoms. The van der Waals surface area contributed by atoms with Gasteiger partial charge in [0.2, 0.25) is 11.8 Å². The molecule has 3 aromatic rings. The van der Waals surface area contributed by atoms with Crippen molar-refractivity contribution in [3.05, 3.63) is 88.4 Å². The molecule has 3 rings (SSSR count). The molecule has 0 radical (unpaired) electrons. The number of hydrogen-bond donors (Lipinski definition) is 1. The molecular formula is C29H33Cl2N3O5S. The molecule has 0 heterocycles. The number of amides is 2. The normalized spacial score (nSPS) is 12.1. The first kappa shape index (κ1) is 31.3. The van der Waals surface area contributed by atoms with Crippen molar-refractivity contribution in [3.63, 3.8) is 0 Å². The lowest BCUT2D eigenvalue weighted by Crippen LogP contribution is -2.53. The number of carbonyl (C=O) groups is 2. The summed E-state index contributed by atoms with van der Waals surface area (Å²) in [4.78, 5) is 28.6. The molecule has 1 atom stereocenters. The lowest BCUT2D eigenvalue weighted by molar-refractivity contribution is -0.140. The molecule has 1 unspecified atom stereocenters. The number of rotatable bonds is 12. The molecule has 0 aliphatic rings. The van der Waals surface area contributed by atoms with Gasteiger partial charge in [-0.05, 0) is 74.4 Å². The minimum Gasteiger partial charge on any atom is -0.497 e. The van der Waals surface area contributed by atoms with Crippen LogP contribution in [0.1, 0.15) is 32.8 Å². The van der Waals surface area contributed by atoms with Crippen molar-refractivity contribution >= 4 is 50.7 Å². The first-order valence-corrected chi connectivity index (χ1v) is 14.9. The van der Waals surface area contributed by atoms with Gasteiger partial charge in [-0.2, -0.15) is 0 Å². The third-order valence-electron chi connectivity index (χ3n) is 6.14. The Balaban J connectivity index is 2.08. The summed E-state index contributed by atoms with van der Waals surface area (Å²) < 4.78 is 33.9. The molecule has 8 nitrogen and oxygen atoms in total. The molecule has 0 aliphatic heterocycles. The van der Waals surface area contributed by atoms with E-state index in [4.69, 9.17) is 27.9 Å². The smallest absolute Gasteiger partial charge is 0.264 e. The second kappa shape index (κ2) is 13.9. The Morgan fingerprint density at radius 3 is 2.17 bits per heavy atom. The summed E-state index contributed by atoms with van der Waals surface area (Å²) >= 11 is 12.5. The third kappa shape index (κ3) is 7.68. The molecule has 0 saturated carbocycles. The average Bonchev–Trinajstić information content (AvgIpc) is 2.92. The number of ether oxygens (including phenoxy) is 1. The van der Waals surface area contributed by atoms with Crippen molar-refractivity contribution < 1.29 is 22.7 Å². The second-order valence-corrected chi connectivity index (χ2v) is 12.1. The number of hydrogen-bond acceptors (Lipinski definition) is 5. The van der Waals surface area contributed by atoms with E-state index in [1.165, 1.54) is 24.1 Å². The van der Waals surface area contributed by atoms with Crippen LogP contribution in [0.3, 0.4) is 0 Å². The molecule has 11 heteroatoms. The van der Waals surface area contributed by atoms with E-state index in [-0.39, 0.29) is 29.1 Å². The summed E-state index contributed by atoms with van der Waals surface area (Å²) in [6.07, 6.45) is 0.295. The first-order chi connectivity index (χ1) is 19.0. The Morgan fingerprint density at radius 2 is 1.62 bits per heavy atom. The van der Waals surface area contributed by atoms with Crippen molar-refractivity contribution in [1.29, 1.82) is 0 Å². The zero-order chi connectivity index (χ0) is 29.4. The van der Waals surface area contributed by atoms with Crippen molar-refractivity contribution in [1.82, 2.24) is 10.2 Å². The van der Waals surface area contributed by atoms with Gasteiger partial charge in [0.05, 0.1) is 17.7 Å². The van der Waals surface area contributed by atoms with E-state index in [1.54, 1.807) is 67.6 Å². The van der Waals surface area contributed by atoms with Gasteiger partial charge in [-0.25, -0.2) is 8.42 Å². The number of nitrogens with one attached hydrogen (secondary N) is 1. The highest BCUT2D eigenvalue weighted by atomic mass is 35.5. The summed E-state index contributed by atoms with van der Waals surface area (Å²) in [5, 5.41) is 3.61. The molecule has 3 aromatic carbocycles. The Kier molecular flexibility index (Phi) is 10.8. The SMILES string of the molecule is CCC(C(=O)NC(C)C)N(Cc1ccc(Cl)cc1Cl)C(=O)CN(c1ccc(OC)cc1)S(=O)(=O)c1ccccc1. The standard InChI is InChI=1S/C29H33Cl2N3O5S/c1-5-27(29(36)32-20(2)3)33(18-21-11-12-22(30)17-26(21)31)28(35)19-34(23-13-15-24(39-4)16-14-23)40(37,38)25-9-7-6-8-10-25/h6-17,20,27H,5,18-19H2,1-4H3,(H,32,36). The number of sulfonamides is 1. The Hall–Kier alpha value is -3.27. The van der Waals surface area contributed by atoms with Crippen molar-refractivity contribution in [2.75, 3.05) is 18.0 Å². The van der Waals surface area contributed by atoms with Crippen LogP contribution >= 0.6 is 23.2 Å². The van der Waals surface area contributed by atoms with E-state index in [2.05, 4.69) is 5.32 Å². The van der Waals surface area contributed by atoms with Crippen LogP contribution in [0.15, 0.2) is 77.7 Å². The lowest BCUT2D eigenvalue weighted by Gasteiger charge is -2.33. The topological polar surface area (TPSA) is 96.0 Å². The van der Waals surface area contributed by atoms with Gasteiger partial charge in [0.25, 0.3) is 10.0 Å². The number of methoxy groups -OCH3 is 1. The van der Waals surface area contributed by atoms with Crippen molar-refractivity contribution in [2.24, 2.45) is 0 Å². The molecule has 0 aromatic heterocycles. The van der Waals surface area contributed by atoms with Crippen LogP contribution in [0.2, 0.25) is 10.0 Å². The van der Waals surface area contributed by atoms with Crippen LogP contribution in [-0.2, 0) is 26.2 Å². The third-order valence-corrected chi connectivity index (χ3v) is 8.52. The molecule has 0 saturated heterocycles. The van der Waals surface area contributed by atoms with E-state index in [1.807, 2.05) is 13.8 Å². The first-order valence-electron chi connectivity index (χ1n) is 12.7. The largest absolute Gasteiger partial charge is 0.497 e. The molecule has 0 aliphatic carbocycles. The number of halogens is 2. The molecule has 1 N–H and O–H groups in total. The minimum atomic E-state index is -4.16. The predicted octanol–water partition coefficient (Wildman–Crippen LogP) is 5.53. The maximum Gasteiger partial charge on any atom is 0.264 e. The van der Waals surface area contributed by atoms with Gasteiger partial charge in [-0.1, -0.05) is 54.4 Å². The number of benzene rings is 3. The second-order valence-electron chi connectivity index (χ2n) is 9.37. The maximum absolute atomic E-state index is 14.0. The zero-order valence-electron chi connectivity index (χ0n) is 22.8. The highest BCUT2D eigenvalue weighted by Gasteiger charge is 2.34. The van der Waals surface area contributed by atoms with Crippen molar-refractivity contribution in [2.45, 2.75) is 50.7 Å². The van der Waals surface area contributed by atoms with Crippen LogP contribution in [0.4, 0.5) is 5.69 Å². The van der Waals surface area contributed by atoms with E-state index in [9.17, 15) is 18.0 Å². The number of nitrogens with zero attached hydrogens (tertiary/aromatic N) is 2. The van der Waals surface area contributed by atoms with Gasteiger partial charge in [0.15, 0.2) is 0 Å². The summed E-state index contributed by atoms with van der Waals surface area (Å²) in [7, 11) is -2.66. The zero-order valence-corrected chi connectivity index (χ0v) is 25.1. The predicted molar refractivity (Wildman–Crippen MR) is 158 cm³/mol. The van der Waals surface area contributed by atoms with Crippen LogP contribution in [0, 0.1) is 0 Å². The van der Waals surface area contributed by atoms with E-state index in [0.717, 1.165) is 4.31 Å². The van der Waals surface area contributed by atoms with Gasteiger partial charge in [0, 0.05) is 22.6 Å². The van der Waals surface area contributed by atoms with Gasteiger partial charge in [-0.15, -0.1) is 0 Å². The fourth-order valence-electron chi connectivity index (χ4n) is 4.13. The number of carbonyl (C=O) groups excluding carboxylic acids is 2. The quantitative estimate of drug-likeness (QED) is 0.293. The fraction of sp³-hybridized carbons (Fsp3) is 0.310. The average molecular weight is 607 g/mol. The Morgan fingerprint density at radius 1 is 0.975 bits per heavy atom. The van der Waals surface area contributed by atoms with Gasteiger partial charge in [-0.3, -0.25) is 13.9 Å². The van der Waals surface area contributed by atoms with E-state index in [0.29, 0.717) is 27.8 Å². The van der Waals surface area contributed by atoms with Crippen LogP contribution in [0.5, 0.6) is 5.75 Å². The van der Waals surface area contributed by atoms with E-state index < -0.39 is 28.5 Å². The Bertz CT molecular complexity index is 1420. The molecule has 0 fully saturated rings. The highest BCUT2D eigenvalue weighted by molar-refractivity contribution is 7.92. The molecular weight excluding hydrogens is 573 g/mol. The summed E-state index contributed by atoms with van der Waals surface area (Å²) in [6, 6.07) is 18.1. The molecule has 214 valence electrons. The highest BCUT2D eigenvalue weighted by Crippen LogP contribution is 2.28. The lowest BCUT2D eigenvalue weighted by atomic mass is 10.1. The maximum atomic E-state index is 14.0. The monoisotopic (exact) mass is 605 g/mol. The Labute approximate surface area is 245 Å². The summed E-state index contributed by atoms with van der Waals surface area (Å²) in [5.41, 5.74) is 0.833. The van der Waals surface area contributed by atoms with Crippen LogP contribution < -0.4 is 14.4 Å². The summed E-state index contributed by atoms with van der Waals surface area (Å²) in [6.45, 7) is 4.85. The van der Waals surface area contributed by atoms with E-state index >= 15 is 0 Å². The van der Waals surface area contributed by atoms with Gasteiger partial charge in [0.1, 0.15) is 18.3 Å². The van der Waals surface area contributed by atoms with Gasteiger partial charge >= 0.3 is 0 Å². The fourth-order valence-corrected chi connectivity index (χ4v) is 6.03. The molecule has 2 amide bonds. The summed E-state index contributed by atoms with van der Waals surface area (Å²) in [5.74, 6) is -0.396.